The van der Waals surface area contributed by atoms with Gasteiger partial charge in [-0.2, -0.15) is 0 Å². The van der Waals surface area contributed by atoms with Crippen LogP contribution in [0.3, 0.4) is 0 Å². The summed E-state index contributed by atoms with van der Waals surface area (Å²) in [5.41, 5.74) is 2.85. The largest absolute Gasteiger partial charge is 0.497 e. The number of rotatable bonds is 7. The lowest BCUT2D eigenvalue weighted by atomic mass is 10.1. The number of ether oxygens (including phenoxy) is 2. The number of thiocarbonyl (C=S) groups is 1. The molecule has 5 nitrogen and oxygen atoms in total. The summed E-state index contributed by atoms with van der Waals surface area (Å²) in [4.78, 5) is 15.4. The summed E-state index contributed by atoms with van der Waals surface area (Å²) in [7, 11) is 1.64. The minimum atomic E-state index is -0.0964. The smallest absolute Gasteiger partial charge is 0.270 e. The number of anilines is 1. The first-order valence-corrected chi connectivity index (χ1v) is 12.0. The average Bonchev–Trinajstić information content (AvgIpc) is 3.36. The minimum absolute atomic E-state index is 0.0964. The van der Waals surface area contributed by atoms with Gasteiger partial charge in [-0.05, 0) is 48.5 Å². The third-order valence-corrected chi connectivity index (χ3v) is 6.88. The molecule has 0 bridgehead atoms. The predicted molar refractivity (Wildman–Crippen MR) is 143 cm³/mol. The first kappa shape index (κ1) is 22.3. The van der Waals surface area contributed by atoms with Gasteiger partial charge in [-0.1, -0.05) is 60.4 Å². The molecule has 4 aromatic rings. The molecule has 1 amide bonds. The highest BCUT2D eigenvalue weighted by atomic mass is 32.2. The van der Waals surface area contributed by atoms with Gasteiger partial charge in [0.1, 0.15) is 18.1 Å². The van der Waals surface area contributed by atoms with Gasteiger partial charge in [0.25, 0.3) is 5.91 Å². The number of hydrogen-bond donors (Lipinski definition) is 0. The quantitative estimate of drug-likeness (QED) is 0.232. The van der Waals surface area contributed by atoms with E-state index < -0.39 is 0 Å². The Morgan fingerprint density at radius 1 is 0.941 bits per heavy atom. The summed E-state index contributed by atoms with van der Waals surface area (Å²) in [5.74, 6) is 1.49. The van der Waals surface area contributed by atoms with Crippen LogP contribution in [0.2, 0.25) is 0 Å². The zero-order chi connectivity index (χ0) is 23.5. The minimum Gasteiger partial charge on any atom is -0.497 e. The summed E-state index contributed by atoms with van der Waals surface area (Å²) in [5, 5.41) is 1.08. The van der Waals surface area contributed by atoms with Crippen molar-refractivity contribution in [1.82, 2.24) is 4.57 Å². The van der Waals surface area contributed by atoms with E-state index >= 15 is 0 Å². The van der Waals surface area contributed by atoms with E-state index in [2.05, 4.69) is 22.9 Å². The number of fused-ring (bicyclic) bond motifs is 1. The van der Waals surface area contributed by atoms with Crippen LogP contribution >= 0.6 is 24.0 Å². The van der Waals surface area contributed by atoms with Crippen LogP contribution in [-0.4, -0.2) is 28.5 Å². The molecule has 1 aliphatic heterocycles. The zero-order valence-electron chi connectivity index (χ0n) is 18.5. The van der Waals surface area contributed by atoms with E-state index in [1.165, 1.54) is 11.8 Å². The van der Waals surface area contributed by atoms with Crippen molar-refractivity contribution in [3.8, 4) is 11.5 Å². The number of aromatic nitrogens is 1. The van der Waals surface area contributed by atoms with E-state index in [0.717, 1.165) is 33.7 Å². The van der Waals surface area contributed by atoms with Gasteiger partial charge in [0.2, 0.25) is 0 Å². The van der Waals surface area contributed by atoms with E-state index in [1.807, 2.05) is 72.8 Å². The summed E-state index contributed by atoms with van der Waals surface area (Å²) < 4.78 is 13.8. The van der Waals surface area contributed by atoms with Crippen molar-refractivity contribution >= 4 is 56.9 Å². The SMILES string of the molecule is COc1ccc(OCCn2cc(/C=C3\SC(=S)N(c4ccccc4)C3=O)c3ccccc32)cc1. The Kier molecular flexibility index (Phi) is 6.38. The number of benzene rings is 3. The van der Waals surface area contributed by atoms with Crippen LogP contribution in [0.1, 0.15) is 5.56 Å². The fourth-order valence-corrected chi connectivity index (χ4v) is 5.21. The van der Waals surface area contributed by atoms with Crippen LogP contribution in [-0.2, 0) is 11.3 Å². The van der Waals surface area contributed by atoms with Gasteiger partial charge in [0, 0.05) is 22.7 Å². The number of carbonyl (C=O) groups is 1. The molecule has 0 N–H and O–H groups in total. The molecule has 0 atom stereocenters. The van der Waals surface area contributed by atoms with E-state index in [0.29, 0.717) is 22.4 Å². The van der Waals surface area contributed by atoms with Crippen molar-refractivity contribution in [3.05, 3.63) is 95.5 Å². The second-order valence-corrected chi connectivity index (χ2v) is 9.35. The van der Waals surface area contributed by atoms with Gasteiger partial charge < -0.3 is 14.0 Å². The maximum absolute atomic E-state index is 13.2. The molecule has 2 heterocycles. The standard InChI is InChI=1S/C27H22N2O3S2/c1-31-21-11-13-22(14-12-21)32-16-15-28-18-19(23-9-5-6-10-24(23)28)17-25-26(30)29(27(33)34-25)20-7-3-2-4-8-20/h2-14,17-18H,15-16H2,1H3/b25-17-. The van der Waals surface area contributed by atoms with Gasteiger partial charge in [-0.25, -0.2) is 0 Å². The van der Waals surface area contributed by atoms with Gasteiger partial charge in [0.05, 0.1) is 24.2 Å². The number of thioether (sulfide) groups is 1. The Bertz CT molecular complexity index is 1380. The normalized spacial score (nSPS) is 14.9. The zero-order valence-corrected chi connectivity index (χ0v) is 20.1. The molecule has 1 saturated heterocycles. The van der Waals surface area contributed by atoms with Crippen LogP contribution in [0.4, 0.5) is 5.69 Å². The lowest BCUT2D eigenvalue weighted by molar-refractivity contribution is -0.113. The third kappa shape index (κ3) is 4.44. The first-order chi connectivity index (χ1) is 16.6. The van der Waals surface area contributed by atoms with Crippen molar-refractivity contribution in [2.24, 2.45) is 0 Å². The molecule has 34 heavy (non-hydrogen) atoms. The summed E-state index contributed by atoms with van der Waals surface area (Å²) >= 11 is 6.84. The molecular formula is C27H22N2O3S2. The fraction of sp³-hybridized carbons (Fsp3) is 0.111. The topological polar surface area (TPSA) is 43.7 Å². The number of nitrogens with zero attached hydrogens (tertiary/aromatic N) is 2. The Balaban J connectivity index is 1.37. The summed E-state index contributed by atoms with van der Waals surface area (Å²) in [6.07, 6.45) is 4.00. The van der Waals surface area contributed by atoms with Crippen molar-refractivity contribution in [2.75, 3.05) is 18.6 Å². The lowest BCUT2D eigenvalue weighted by Gasteiger charge is -2.13. The summed E-state index contributed by atoms with van der Waals surface area (Å²) in [6.45, 7) is 1.19. The Morgan fingerprint density at radius 3 is 2.41 bits per heavy atom. The molecule has 1 fully saturated rings. The molecule has 7 heteroatoms. The highest BCUT2D eigenvalue weighted by Crippen LogP contribution is 2.37. The van der Waals surface area contributed by atoms with Crippen molar-refractivity contribution in [1.29, 1.82) is 0 Å². The lowest BCUT2D eigenvalue weighted by Crippen LogP contribution is -2.27. The van der Waals surface area contributed by atoms with E-state index in [9.17, 15) is 4.79 Å². The van der Waals surface area contributed by atoms with Gasteiger partial charge in [-0.3, -0.25) is 9.69 Å². The van der Waals surface area contributed by atoms with E-state index in [-0.39, 0.29) is 5.91 Å². The van der Waals surface area contributed by atoms with Crippen molar-refractivity contribution < 1.29 is 14.3 Å². The maximum atomic E-state index is 13.2. The van der Waals surface area contributed by atoms with Crippen LogP contribution in [0, 0.1) is 0 Å². The number of carbonyl (C=O) groups excluding carboxylic acids is 1. The average molecular weight is 487 g/mol. The second-order valence-electron chi connectivity index (χ2n) is 7.67. The molecular weight excluding hydrogens is 464 g/mol. The molecule has 0 radical (unpaired) electrons. The van der Waals surface area contributed by atoms with Crippen LogP contribution in [0.15, 0.2) is 90.0 Å². The number of para-hydroxylation sites is 2. The van der Waals surface area contributed by atoms with Crippen LogP contribution in [0.25, 0.3) is 17.0 Å². The van der Waals surface area contributed by atoms with Crippen molar-refractivity contribution in [2.45, 2.75) is 6.54 Å². The predicted octanol–water partition coefficient (Wildman–Crippen LogP) is 6.13. The molecule has 0 unspecified atom stereocenters. The molecule has 1 aromatic heterocycles. The maximum Gasteiger partial charge on any atom is 0.270 e. The monoisotopic (exact) mass is 486 g/mol. The van der Waals surface area contributed by atoms with Crippen LogP contribution < -0.4 is 14.4 Å². The van der Waals surface area contributed by atoms with E-state index in [1.54, 1.807) is 12.0 Å². The Labute approximate surface area is 207 Å². The third-order valence-electron chi connectivity index (χ3n) is 5.57. The first-order valence-electron chi connectivity index (χ1n) is 10.8. The molecule has 0 aliphatic carbocycles. The Hall–Kier alpha value is -3.55. The highest BCUT2D eigenvalue weighted by molar-refractivity contribution is 8.27. The number of hydrogen-bond acceptors (Lipinski definition) is 5. The second kappa shape index (κ2) is 9.75. The molecule has 0 saturated carbocycles. The molecule has 3 aromatic carbocycles. The highest BCUT2D eigenvalue weighted by Gasteiger charge is 2.33. The van der Waals surface area contributed by atoms with Crippen LogP contribution in [0.5, 0.6) is 11.5 Å². The molecule has 1 aliphatic rings. The molecule has 5 rings (SSSR count). The summed E-state index contributed by atoms with van der Waals surface area (Å²) in [6, 6.07) is 25.2. The fourth-order valence-electron chi connectivity index (χ4n) is 3.92. The molecule has 0 spiro atoms. The van der Waals surface area contributed by atoms with Gasteiger partial charge >= 0.3 is 0 Å². The van der Waals surface area contributed by atoms with Gasteiger partial charge in [0.15, 0.2) is 4.32 Å². The number of amides is 1. The molecule has 170 valence electrons. The van der Waals surface area contributed by atoms with Crippen molar-refractivity contribution in [3.63, 3.8) is 0 Å². The number of methoxy groups -OCH3 is 1. The van der Waals surface area contributed by atoms with Gasteiger partial charge in [-0.15, -0.1) is 0 Å². The van der Waals surface area contributed by atoms with E-state index in [4.69, 9.17) is 21.7 Å². The Morgan fingerprint density at radius 2 is 1.65 bits per heavy atom.